The Balaban J connectivity index is 2.50. The first-order valence-corrected chi connectivity index (χ1v) is 5.93. The molecule has 1 aromatic heterocycles. The van der Waals surface area contributed by atoms with Crippen LogP contribution in [0.1, 0.15) is 31.8 Å². The summed E-state index contributed by atoms with van der Waals surface area (Å²) in [4.78, 5) is 8.55. The van der Waals surface area contributed by atoms with Crippen LogP contribution < -0.4 is 5.73 Å². The molecule has 0 aromatic carbocycles. The summed E-state index contributed by atoms with van der Waals surface area (Å²) in [5.41, 5.74) is 6.42. The van der Waals surface area contributed by atoms with Gasteiger partial charge in [-0.25, -0.2) is 9.97 Å². The monoisotopic (exact) mass is 211 g/mol. The van der Waals surface area contributed by atoms with Crippen molar-refractivity contribution < 1.29 is 0 Å². The second-order valence-electron chi connectivity index (χ2n) is 3.20. The van der Waals surface area contributed by atoms with Gasteiger partial charge < -0.3 is 5.73 Å². The van der Waals surface area contributed by atoms with E-state index < -0.39 is 0 Å². The smallest absolute Gasteiger partial charge is 0.138 e. The van der Waals surface area contributed by atoms with Crippen molar-refractivity contribution in [1.29, 1.82) is 0 Å². The third-order valence-electron chi connectivity index (χ3n) is 2.04. The Hall–Kier alpha value is -0.610. The van der Waals surface area contributed by atoms with Crippen molar-refractivity contribution in [3.8, 4) is 0 Å². The Morgan fingerprint density at radius 2 is 2.36 bits per heavy atom. The summed E-state index contributed by atoms with van der Waals surface area (Å²) in [6, 6.07) is 1.86. The molecule has 2 N–H and O–H groups in total. The van der Waals surface area contributed by atoms with Crippen LogP contribution in [0, 0.1) is 0 Å². The molecule has 78 valence electrons. The quantitative estimate of drug-likeness (QED) is 0.809. The van der Waals surface area contributed by atoms with Crippen LogP contribution in [-0.2, 0) is 12.3 Å². The SMILES string of the molecule is CCC(C)SCc1nccc(CN)n1. The zero-order valence-electron chi connectivity index (χ0n) is 8.73. The van der Waals surface area contributed by atoms with Gasteiger partial charge in [0, 0.05) is 18.0 Å². The molecule has 0 radical (unpaired) electrons. The lowest BCUT2D eigenvalue weighted by molar-refractivity contribution is 0.891. The van der Waals surface area contributed by atoms with Crippen molar-refractivity contribution in [1.82, 2.24) is 9.97 Å². The molecular weight excluding hydrogens is 194 g/mol. The molecule has 1 rings (SSSR count). The normalized spacial score (nSPS) is 12.8. The largest absolute Gasteiger partial charge is 0.325 e. The van der Waals surface area contributed by atoms with E-state index in [2.05, 4.69) is 23.8 Å². The van der Waals surface area contributed by atoms with E-state index in [4.69, 9.17) is 5.73 Å². The van der Waals surface area contributed by atoms with Crippen molar-refractivity contribution in [2.45, 2.75) is 37.8 Å². The van der Waals surface area contributed by atoms with Crippen molar-refractivity contribution >= 4 is 11.8 Å². The molecule has 4 heteroatoms. The Bertz CT molecular complexity index is 278. The van der Waals surface area contributed by atoms with Crippen LogP contribution in [0.2, 0.25) is 0 Å². The first kappa shape index (κ1) is 11.5. The third kappa shape index (κ3) is 3.64. The second-order valence-corrected chi connectivity index (χ2v) is 4.62. The minimum absolute atomic E-state index is 0.490. The Morgan fingerprint density at radius 3 is 3.00 bits per heavy atom. The minimum Gasteiger partial charge on any atom is -0.325 e. The highest BCUT2D eigenvalue weighted by Crippen LogP contribution is 2.17. The first-order valence-electron chi connectivity index (χ1n) is 4.88. The molecule has 1 heterocycles. The highest BCUT2D eigenvalue weighted by Gasteiger charge is 2.02. The van der Waals surface area contributed by atoms with Crippen molar-refractivity contribution in [3.63, 3.8) is 0 Å². The molecule has 0 fully saturated rings. The van der Waals surface area contributed by atoms with Crippen LogP contribution in [0.25, 0.3) is 0 Å². The van der Waals surface area contributed by atoms with E-state index in [1.54, 1.807) is 6.20 Å². The zero-order valence-corrected chi connectivity index (χ0v) is 9.55. The summed E-state index contributed by atoms with van der Waals surface area (Å²) in [5.74, 6) is 1.77. The molecular formula is C10H17N3S. The molecule has 14 heavy (non-hydrogen) atoms. The number of aromatic nitrogens is 2. The van der Waals surface area contributed by atoms with E-state index in [-0.39, 0.29) is 0 Å². The van der Waals surface area contributed by atoms with Gasteiger partial charge in [-0.05, 0) is 12.5 Å². The maximum Gasteiger partial charge on any atom is 0.138 e. The molecule has 0 saturated heterocycles. The average molecular weight is 211 g/mol. The van der Waals surface area contributed by atoms with Gasteiger partial charge >= 0.3 is 0 Å². The predicted octanol–water partition coefficient (Wildman–Crippen LogP) is 1.97. The first-order chi connectivity index (χ1) is 6.76. The minimum atomic E-state index is 0.490. The Labute approximate surface area is 89.5 Å². The van der Waals surface area contributed by atoms with E-state index >= 15 is 0 Å². The van der Waals surface area contributed by atoms with Crippen LogP contribution in [0.3, 0.4) is 0 Å². The Kier molecular flexibility index (Phi) is 4.90. The van der Waals surface area contributed by atoms with E-state index in [1.165, 1.54) is 6.42 Å². The number of hydrogen-bond acceptors (Lipinski definition) is 4. The second kappa shape index (κ2) is 5.98. The molecule has 0 spiro atoms. The average Bonchev–Trinajstić information content (AvgIpc) is 2.26. The fourth-order valence-corrected chi connectivity index (χ4v) is 1.77. The van der Waals surface area contributed by atoms with Crippen LogP contribution in [-0.4, -0.2) is 15.2 Å². The molecule has 1 atom stereocenters. The van der Waals surface area contributed by atoms with Crippen LogP contribution in [0.15, 0.2) is 12.3 Å². The van der Waals surface area contributed by atoms with Gasteiger partial charge in [0.2, 0.25) is 0 Å². The summed E-state index contributed by atoms with van der Waals surface area (Å²) in [5, 5.41) is 0.667. The summed E-state index contributed by atoms with van der Waals surface area (Å²) < 4.78 is 0. The molecule has 3 nitrogen and oxygen atoms in total. The van der Waals surface area contributed by atoms with Crippen molar-refractivity contribution in [2.75, 3.05) is 0 Å². The highest BCUT2D eigenvalue weighted by molar-refractivity contribution is 7.99. The van der Waals surface area contributed by atoms with Gasteiger partial charge in [0.15, 0.2) is 0 Å². The molecule has 1 aromatic rings. The summed E-state index contributed by atoms with van der Waals surface area (Å²) in [7, 11) is 0. The number of rotatable bonds is 5. The van der Waals surface area contributed by atoms with Gasteiger partial charge in [-0.15, -0.1) is 0 Å². The van der Waals surface area contributed by atoms with E-state index in [0.29, 0.717) is 11.8 Å². The van der Waals surface area contributed by atoms with Gasteiger partial charge in [-0.3, -0.25) is 0 Å². The maximum atomic E-state index is 5.50. The Morgan fingerprint density at radius 1 is 1.57 bits per heavy atom. The standard InChI is InChI=1S/C10H17N3S/c1-3-8(2)14-7-10-12-5-4-9(6-11)13-10/h4-5,8H,3,6-7,11H2,1-2H3. The van der Waals surface area contributed by atoms with Crippen molar-refractivity contribution in [2.24, 2.45) is 5.73 Å². The van der Waals surface area contributed by atoms with Gasteiger partial charge in [-0.1, -0.05) is 13.8 Å². The highest BCUT2D eigenvalue weighted by atomic mass is 32.2. The zero-order chi connectivity index (χ0) is 10.4. The lowest BCUT2D eigenvalue weighted by atomic mass is 10.4. The summed E-state index contributed by atoms with van der Waals surface area (Å²) >= 11 is 1.88. The van der Waals surface area contributed by atoms with Crippen molar-refractivity contribution in [3.05, 3.63) is 23.8 Å². The lowest BCUT2D eigenvalue weighted by Gasteiger charge is -2.07. The van der Waals surface area contributed by atoms with Gasteiger partial charge in [0.25, 0.3) is 0 Å². The molecule has 0 aliphatic rings. The number of nitrogens with zero attached hydrogens (tertiary/aromatic N) is 2. The molecule has 0 amide bonds. The molecule has 0 aliphatic heterocycles. The van der Waals surface area contributed by atoms with Crippen LogP contribution >= 0.6 is 11.8 Å². The summed E-state index contributed by atoms with van der Waals surface area (Å²) in [6.45, 7) is 4.90. The number of thioether (sulfide) groups is 1. The van der Waals surface area contributed by atoms with E-state index in [1.807, 2.05) is 17.8 Å². The molecule has 0 saturated carbocycles. The van der Waals surface area contributed by atoms with Crippen LogP contribution in [0.4, 0.5) is 0 Å². The number of nitrogens with two attached hydrogens (primary N) is 1. The van der Waals surface area contributed by atoms with E-state index in [0.717, 1.165) is 17.3 Å². The van der Waals surface area contributed by atoms with Gasteiger partial charge in [0.1, 0.15) is 5.82 Å². The van der Waals surface area contributed by atoms with Crippen LogP contribution in [0.5, 0.6) is 0 Å². The summed E-state index contributed by atoms with van der Waals surface area (Å²) in [6.07, 6.45) is 2.96. The maximum absolute atomic E-state index is 5.50. The molecule has 1 unspecified atom stereocenters. The molecule has 0 aliphatic carbocycles. The lowest BCUT2D eigenvalue weighted by Crippen LogP contribution is -2.04. The fourth-order valence-electron chi connectivity index (χ4n) is 0.959. The molecule has 0 bridgehead atoms. The fraction of sp³-hybridized carbons (Fsp3) is 0.600. The van der Waals surface area contributed by atoms with Gasteiger partial charge in [0.05, 0.1) is 11.4 Å². The number of hydrogen-bond donors (Lipinski definition) is 1. The topological polar surface area (TPSA) is 51.8 Å². The third-order valence-corrected chi connectivity index (χ3v) is 3.37. The predicted molar refractivity (Wildman–Crippen MR) is 61.0 cm³/mol. The van der Waals surface area contributed by atoms with E-state index in [9.17, 15) is 0 Å². The van der Waals surface area contributed by atoms with Gasteiger partial charge in [-0.2, -0.15) is 11.8 Å².